The minimum Gasteiger partial charge on any atom is -0.439 e. The van der Waals surface area contributed by atoms with Crippen molar-refractivity contribution in [3.8, 4) is 16.9 Å². The summed E-state index contributed by atoms with van der Waals surface area (Å²) >= 11 is 1.39. The Morgan fingerprint density at radius 2 is 1.95 bits per heavy atom. The van der Waals surface area contributed by atoms with E-state index in [2.05, 4.69) is 20.4 Å². The van der Waals surface area contributed by atoms with Crippen molar-refractivity contribution in [1.29, 1.82) is 0 Å². The van der Waals surface area contributed by atoms with Crippen LogP contribution in [0.2, 0.25) is 0 Å². The zero-order valence-corrected chi connectivity index (χ0v) is 25.1. The van der Waals surface area contributed by atoms with Gasteiger partial charge in [-0.05, 0) is 24.6 Å². The third kappa shape index (κ3) is 5.78. The Morgan fingerprint density at radius 1 is 1.14 bits per heavy atom. The van der Waals surface area contributed by atoms with Gasteiger partial charge in [0.15, 0.2) is 23.2 Å². The Labute approximate surface area is 251 Å². The lowest BCUT2D eigenvalue weighted by Crippen LogP contribution is -3.09. The van der Waals surface area contributed by atoms with Crippen LogP contribution in [0.4, 0.5) is 17.5 Å². The monoisotopic (exact) mass is 620 g/mol. The van der Waals surface area contributed by atoms with Gasteiger partial charge in [0, 0.05) is 59.8 Å². The van der Waals surface area contributed by atoms with Crippen LogP contribution >= 0.6 is 11.3 Å². The van der Waals surface area contributed by atoms with Gasteiger partial charge in [0.05, 0.1) is 25.5 Å². The average Bonchev–Trinajstić information content (AvgIpc) is 3.70. The number of aromatic nitrogens is 4. The fourth-order valence-corrected chi connectivity index (χ4v) is 7.94. The van der Waals surface area contributed by atoms with Gasteiger partial charge in [-0.3, -0.25) is 4.79 Å². The number of nitrogens with one attached hydrogen (secondary N) is 2. The molecule has 43 heavy (non-hydrogen) atoms. The van der Waals surface area contributed by atoms with Gasteiger partial charge in [0.1, 0.15) is 17.0 Å². The van der Waals surface area contributed by atoms with Crippen LogP contribution in [0.15, 0.2) is 63.4 Å². The Kier molecular flexibility index (Phi) is 7.21. The van der Waals surface area contributed by atoms with E-state index >= 15 is 0 Å². The molecule has 5 aromatic rings. The molecule has 6 heterocycles. The predicted octanol–water partition coefficient (Wildman–Crippen LogP) is 2.16. The highest BCUT2D eigenvalue weighted by Crippen LogP contribution is 2.35. The number of aryl methyl sites for hydroxylation is 1. The molecule has 2 fully saturated rings. The Hall–Kier alpha value is -4.11. The topological polar surface area (TPSA) is 137 Å². The number of hydrogen-bond acceptors (Lipinski definition) is 11. The molecule has 2 aliphatic rings. The molecule has 2 N–H and O–H groups in total. The van der Waals surface area contributed by atoms with Crippen LogP contribution in [0.1, 0.15) is 11.3 Å². The summed E-state index contributed by atoms with van der Waals surface area (Å²) < 4.78 is 37.7. The van der Waals surface area contributed by atoms with Gasteiger partial charge in [-0.25, -0.2) is 18.1 Å². The molecule has 0 radical (unpaired) electrons. The zero-order chi connectivity index (χ0) is 29.6. The molecular formula is C29H30N7O5S2+. The summed E-state index contributed by atoms with van der Waals surface area (Å²) in [5, 5.41) is 9.82. The average molecular weight is 621 g/mol. The van der Waals surface area contributed by atoms with Crippen LogP contribution in [0.25, 0.3) is 27.2 Å². The minimum atomic E-state index is -2.96. The number of quaternary nitrogens is 1. The highest BCUT2D eigenvalue weighted by Gasteiger charge is 2.30. The molecule has 1 unspecified atom stereocenters. The number of benzene rings is 1. The van der Waals surface area contributed by atoms with Gasteiger partial charge in [0.25, 0.3) is 0 Å². The van der Waals surface area contributed by atoms with Crippen LogP contribution in [0.3, 0.4) is 0 Å². The molecule has 0 aliphatic carbocycles. The Morgan fingerprint density at radius 3 is 2.72 bits per heavy atom. The molecule has 0 spiro atoms. The Bertz CT molecular complexity index is 1960. The molecular weight excluding hydrogens is 590 g/mol. The van der Waals surface area contributed by atoms with Crippen molar-refractivity contribution >= 4 is 49.0 Å². The van der Waals surface area contributed by atoms with E-state index in [9.17, 15) is 13.2 Å². The third-order valence-electron chi connectivity index (χ3n) is 7.71. The standard InChI is InChI=1S/C29H29N7O5S2/c1-19-21(15-34-10-13-43(38,39)18-34)16-36(33-19)25-6-7-30-29(32-25)31-22-4-2-20(3-5-22)23-17-42-28-24(37)14-26(41-27(23)28)35-8-11-40-12-9-35/h2-7,14,16-17H,8-13,15,18H2,1H3,(H,30,31,32)/p+1. The molecule has 4 aromatic heterocycles. The van der Waals surface area contributed by atoms with Crippen molar-refractivity contribution in [2.45, 2.75) is 13.5 Å². The smallest absolute Gasteiger partial charge is 0.229 e. The number of hydrogen-bond donors (Lipinski definition) is 2. The van der Waals surface area contributed by atoms with Crippen LogP contribution in [-0.2, 0) is 21.1 Å². The molecule has 1 aromatic carbocycles. The molecule has 7 rings (SSSR count). The van der Waals surface area contributed by atoms with Crippen molar-refractivity contribution in [2.75, 3.05) is 54.7 Å². The predicted molar refractivity (Wildman–Crippen MR) is 164 cm³/mol. The van der Waals surface area contributed by atoms with Crippen LogP contribution in [-0.4, -0.2) is 72.6 Å². The largest absolute Gasteiger partial charge is 0.439 e. The lowest BCUT2D eigenvalue weighted by atomic mass is 10.1. The lowest BCUT2D eigenvalue weighted by molar-refractivity contribution is -0.894. The number of sulfone groups is 1. The number of nitrogens with zero attached hydrogens (tertiary/aromatic N) is 5. The van der Waals surface area contributed by atoms with E-state index in [1.54, 1.807) is 23.0 Å². The number of ether oxygens (including phenoxy) is 1. The number of fused-ring (bicyclic) bond motifs is 1. The number of anilines is 3. The molecule has 0 amide bonds. The summed E-state index contributed by atoms with van der Waals surface area (Å²) in [4.78, 5) is 24.9. The van der Waals surface area contributed by atoms with Gasteiger partial charge >= 0.3 is 0 Å². The highest BCUT2D eigenvalue weighted by molar-refractivity contribution is 7.91. The molecule has 2 saturated heterocycles. The maximum atomic E-state index is 12.8. The molecule has 12 nitrogen and oxygen atoms in total. The summed E-state index contributed by atoms with van der Waals surface area (Å²) in [6.45, 7) is 5.72. The quantitative estimate of drug-likeness (QED) is 0.279. The van der Waals surface area contributed by atoms with Crippen LogP contribution in [0, 0.1) is 6.92 Å². The van der Waals surface area contributed by atoms with E-state index in [1.165, 1.54) is 11.3 Å². The van der Waals surface area contributed by atoms with Gasteiger partial charge in [-0.1, -0.05) is 12.1 Å². The van der Waals surface area contributed by atoms with Gasteiger partial charge in [-0.2, -0.15) is 10.1 Å². The number of thiophene rings is 1. The SMILES string of the molecule is Cc1nn(-c2ccnc(Nc3ccc(-c4csc5c(=O)cc(N6CCOCC6)oc45)cc3)n2)cc1C[NH+]1CCS(=O)(=O)C1. The second-order valence-corrected chi connectivity index (χ2v) is 13.8. The maximum Gasteiger partial charge on any atom is 0.229 e. The molecule has 2 aliphatic heterocycles. The van der Waals surface area contributed by atoms with E-state index in [0.29, 0.717) is 67.3 Å². The summed E-state index contributed by atoms with van der Waals surface area (Å²) in [6, 6.07) is 11.2. The first kappa shape index (κ1) is 27.7. The van der Waals surface area contributed by atoms with Crippen LogP contribution < -0.4 is 20.5 Å². The van der Waals surface area contributed by atoms with E-state index in [4.69, 9.17) is 9.15 Å². The van der Waals surface area contributed by atoms with Gasteiger partial charge < -0.3 is 24.3 Å². The fourth-order valence-electron chi connectivity index (χ4n) is 5.42. The minimum absolute atomic E-state index is 0.0426. The second-order valence-electron chi connectivity index (χ2n) is 10.7. The van der Waals surface area contributed by atoms with E-state index < -0.39 is 9.84 Å². The number of rotatable bonds is 7. The van der Waals surface area contributed by atoms with Crippen molar-refractivity contribution in [2.24, 2.45) is 0 Å². The van der Waals surface area contributed by atoms with Crippen molar-refractivity contribution in [3.05, 3.63) is 75.7 Å². The highest BCUT2D eigenvalue weighted by atomic mass is 32.2. The first-order valence-corrected chi connectivity index (χ1v) is 16.7. The third-order valence-corrected chi connectivity index (χ3v) is 10.4. The van der Waals surface area contributed by atoms with E-state index in [-0.39, 0.29) is 17.1 Å². The van der Waals surface area contributed by atoms with E-state index in [0.717, 1.165) is 33.0 Å². The Balaban J connectivity index is 1.08. The normalized spacial score (nSPS) is 18.3. The molecule has 0 saturated carbocycles. The maximum absolute atomic E-state index is 12.8. The zero-order valence-electron chi connectivity index (χ0n) is 23.4. The molecule has 1 atom stereocenters. The number of morpholine rings is 1. The van der Waals surface area contributed by atoms with Crippen molar-refractivity contribution in [3.63, 3.8) is 0 Å². The summed E-state index contributed by atoms with van der Waals surface area (Å²) in [7, 11) is -2.96. The second kappa shape index (κ2) is 11.2. The van der Waals surface area contributed by atoms with E-state index in [1.807, 2.05) is 47.7 Å². The first-order chi connectivity index (χ1) is 20.8. The van der Waals surface area contributed by atoms with Gasteiger partial charge in [-0.15, -0.1) is 11.3 Å². The van der Waals surface area contributed by atoms with Crippen LogP contribution in [0.5, 0.6) is 0 Å². The first-order valence-electron chi connectivity index (χ1n) is 14.0. The van der Waals surface area contributed by atoms with Gasteiger partial charge in [0.2, 0.25) is 21.2 Å². The summed E-state index contributed by atoms with van der Waals surface area (Å²) in [5.41, 5.74) is 4.99. The molecule has 222 valence electrons. The van der Waals surface area contributed by atoms with Crippen molar-refractivity contribution in [1.82, 2.24) is 19.7 Å². The summed E-state index contributed by atoms with van der Waals surface area (Å²) in [5.74, 6) is 1.97. The fraction of sp³-hybridized carbons (Fsp3) is 0.310. The molecule has 14 heteroatoms. The van der Waals surface area contributed by atoms with Crippen molar-refractivity contribution < 1.29 is 22.5 Å². The molecule has 0 bridgehead atoms. The summed E-state index contributed by atoms with van der Waals surface area (Å²) in [6.07, 6.45) is 3.57. The lowest BCUT2D eigenvalue weighted by Gasteiger charge is -2.27.